The van der Waals surface area contributed by atoms with Crippen LogP contribution in [-0.2, 0) is 19.4 Å². The SMILES string of the molecule is CS(=O)(=O)CCCC(=O)CC1CCCCO1. The average molecular weight is 248 g/mol. The van der Waals surface area contributed by atoms with Crippen molar-refractivity contribution in [2.75, 3.05) is 18.6 Å². The zero-order valence-electron chi connectivity index (χ0n) is 9.78. The van der Waals surface area contributed by atoms with Crippen molar-refractivity contribution in [3.05, 3.63) is 0 Å². The molecule has 94 valence electrons. The lowest BCUT2D eigenvalue weighted by Gasteiger charge is -2.21. The molecule has 0 aromatic heterocycles. The van der Waals surface area contributed by atoms with Crippen molar-refractivity contribution in [3.63, 3.8) is 0 Å². The number of rotatable bonds is 6. The molecule has 1 fully saturated rings. The maximum Gasteiger partial charge on any atom is 0.147 e. The molecule has 16 heavy (non-hydrogen) atoms. The summed E-state index contributed by atoms with van der Waals surface area (Å²) in [5, 5.41) is 0. The number of ketones is 1. The highest BCUT2D eigenvalue weighted by Crippen LogP contribution is 2.16. The van der Waals surface area contributed by atoms with Gasteiger partial charge in [0, 0.05) is 25.7 Å². The quantitative estimate of drug-likeness (QED) is 0.711. The lowest BCUT2D eigenvalue weighted by Crippen LogP contribution is -2.22. The minimum Gasteiger partial charge on any atom is -0.378 e. The van der Waals surface area contributed by atoms with Crippen LogP contribution in [0.5, 0.6) is 0 Å². The van der Waals surface area contributed by atoms with E-state index in [1.165, 1.54) is 6.26 Å². The van der Waals surface area contributed by atoms with Gasteiger partial charge in [0.2, 0.25) is 0 Å². The molecule has 0 aromatic carbocycles. The van der Waals surface area contributed by atoms with Gasteiger partial charge in [0.25, 0.3) is 0 Å². The number of hydrogen-bond donors (Lipinski definition) is 0. The van der Waals surface area contributed by atoms with E-state index in [0.717, 1.165) is 25.9 Å². The molecule has 1 atom stereocenters. The third-order valence-corrected chi connectivity index (χ3v) is 3.73. The lowest BCUT2D eigenvalue weighted by molar-refractivity contribution is -0.122. The van der Waals surface area contributed by atoms with Gasteiger partial charge in [-0.25, -0.2) is 8.42 Å². The van der Waals surface area contributed by atoms with Crippen LogP contribution in [0.25, 0.3) is 0 Å². The van der Waals surface area contributed by atoms with Gasteiger partial charge in [-0.05, 0) is 25.7 Å². The van der Waals surface area contributed by atoms with Crippen molar-refractivity contribution >= 4 is 15.6 Å². The first-order valence-electron chi connectivity index (χ1n) is 5.78. The van der Waals surface area contributed by atoms with E-state index in [2.05, 4.69) is 0 Å². The second kappa shape index (κ2) is 6.35. The number of carbonyl (C=O) groups is 1. The van der Waals surface area contributed by atoms with Crippen molar-refractivity contribution in [2.45, 2.75) is 44.6 Å². The molecule has 0 bridgehead atoms. The minimum atomic E-state index is -2.94. The Morgan fingerprint density at radius 1 is 1.38 bits per heavy atom. The van der Waals surface area contributed by atoms with Crippen LogP contribution in [-0.4, -0.2) is 38.9 Å². The van der Waals surface area contributed by atoms with Crippen LogP contribution >= 0.6 is 0 Å². The van der Waals surface area contributed by atoms with Crippen molar-refractivity contribution in [2.24, 2.45) is 0 Å². The largest absolute Gasteiger partial charge is 0.378 e. The molecule has 0 spiro atoms. The number of carbonyl (C=O) groups excluding carboxylic acids is 1. The van der Waals surface area contributed by atoms with Crippen molar-refractivity contribution < 1.29 is 17.9 Å². The fourth-order valence-corrected chi connectivity index (χ4v) is 2.52. The Balaban J connectivity index is 2.15. The topological polar surface area (TPSA) is 60.4 Å². The van der Waals surface area contributed by atoms with Gasteiger partial charge in [0.05, 0.1) is 11.9 Å². The van der Waals surface area contributed by atoms with Gasteiger partial charge in [-0.2, -0.15) is 0 Å². The third kappa shape index (κ3) is 6.23. The van der Waals surface area contributed by atoms with Gasteiger partial charge in [-0.15, -0.1) is 0 Å². The summed E-state index contributed by atoms with van der Waals surface area (Å²) < 4.78 is 27.2. The van der Waals surface area contributed by atoms with Gasteiger partial charge < -0.3 is 4.74 Å². The van der Waals surface area contributed by atoms with Crippen molar-refractivity contribution in [1.82, 2.24) is 0 Å². The zero-order chi connectivity index (χ0) is 12.0. The Labute approximate surface area is 97.3 Å². The van der Waals surface area contributed by atoms with E-state index in [1.807, 2.05) is 0 Å². The smallest absolute Gasteiger partial charge is 0.147 e. The first-order valence-corrected chi connectivity index (χ1v) is 7.84. The molecule has 5 heteroatoms. The summed E-state index contributed by atoms with van der Waals surface area (Å²) in [6, 6.07) is 0. The molecule has 1 aliphatic heterocycles. The fourth-order valence-electron chi connectivity index (χ4n) is 1.86. The Hall–Kier alpha value is -0.420. The maximum atomic E-state index is 11.5. The van der Waals surface area contributed by atoms with Crippen LogP contribution in [0.2, 0.25) is 0 Å². The van der Waals surface area contributed by atoms with E-state index in [4.69, 9.17) is 4.74 Å². The van der Waals surface area contributed by atoms with Gasteiger partial charge in [-0.3, -0.25) is 4.79 Å². The summed E-state index contributed by atoms with van der Waals surface area (Å²) in [5.74, 6) is 0.222. The zero-order valence-corrected chi connectivity index (χ0v) is 10.6. The van der Waals surface area contributed by atoms with E-state index in [1.54, 1.807) is 0 Å². The van der Waals surface area contributed by atoms with E-state index >= 15 is 0 Å². The molecule has 4 nitrogen and oxygen atoms in total. The van der Waals surface area contributed by atoms with Crippen LogP contribution in [0.1, 0.15) is 38.5 Å². The van der Waals surface area contributed by atoms with E-state index in [-0.39, 0.29) is 17.6 Å². The first-order chi connectivity index (χ1) is 7.47. The van der Waals surface area contributed by atoms with Gasteiger partial charge in [-0.1, -0.05) is 0 Å². The molecule has 1 unspecified atom stereocenters. The Morgan fingerprint density at radius 2 is 2.12 bits per heavy atom. The van der Waals surface area contributed by atoms with Crippen LogP contribution in [0.3, 0.4) is 0 Å². The molecule has 0 aromatic rings. The molecule has 1 heterocycles. The molecule has 0 saturated carbocycles. The predicted octanol–water partition coefficient (Wildman–Crippen LogP) is 1.34. The summed E-state index contributed by atoms with van der Waals surface area (Å²) in [6.07, 6.45) is 5.67. The Morgan fingerprint density at radius 3 is 2.69 bits per heavy atom. The van der Waals surface area contributed by atoms with Gasteiger partial charge in [0.15, 0.2) is 0 Å². The Kier molecular flexibility index (Phi) is 5.41. The molecule has 1 saturated heterocycles. The van der Waals surface area contributed by atoms with E-state index < -0.39 is 9.84 Å². The maximum absolute atomic E-state index is 11.5. The van der Waals surface area contributed by atoms with Crippen LogP contribution in [0.4, 0.5) is 0 Å². The number of sulfone groups is 1. The molecule has 1 aliphatic rings. The highest BCUT2D eigenvalue weighted by Gasteiger charge is 2.17. The average Bonchev–Trinajstić information content (AvgIpc) is 2.17. The highest BCUT2D eigenvalue weighted by atomic mass is 32.2. The summed E-state index contributed by atoms with van der Waals surface area (Å²) >= 11 is 0. The first kappa shape index (κ1) is 13.6. The molecular weight excluding hydrogens is 228 g/mol. The van der Waals surface area contributed by atoms with E-state index in [9.17, 15) is 13.2 Å². The lowest BCUT2D eigenvalue weighted by atomic mass is 10.0. The molecule has 0 amide bonds. The van der Waals surface area contributed by atoms with Gasteiger partial charge in [0.1, 0.15) is 15.6 Å². The predicted molar refractivity (Wildman–Crippen MR) is 62.2 cm³/mol. The van der Waals surface area contributed by atoms with Crippen molar-refractivity contribution in [3.8, 4) is 0 Å². The number of Topliss-reactive ketones (excluding diaryl/α,β-unsaturated/α-hetero) is 1. The number of hydrogen-bond acceptors (Lipinski definition) is 4. The summed E-state index contributed by atoms with van der Waals surface area (Å²) in [4.78, 5) is 11.5. The molecule has 0 radical (unpaired) electrons. The van der Waals surface area contributed by atoms with Crippen molar-refractivity contribution in [1.29, 1.82) is 0 Å². The number of ether oxygens (including phenoxy) is 1. The normalized spacial score (nSPS) is 21.9. The summed E-state index contributed by atoms with van der Waals surface area (Å²) in [5.41, 5.74) is 0. The molecule has 0 aliphatic carbocycles. The molecule has 0 N–H and O–H groups in total. The van der Waals surface area contributed by atoms with Crippen LogP contribution in [0, 0.1) is 0 Å². The second-order valence-electron chi connectivity index (χ2n) is 4.46. The van der Waals surface area contributed by atoms with E-state index in [0.29, 0.717) is 19.3 Å². The minimum absolute atomic E-state index is 0.0690. The Bertz CT molecular complexity index is 315. The monoisotopic (exact) mass is 248 g/mol. The molecular formula is C11H20O4S. The van der Waals surface area contributed by atoms with Crippen LogP contribution < -0.4 is 0 Å². The third-order valence-electron chi connectivity index (χ3n) is 2.70. The molecule has 1 rings (SSSR count). The standard InChI is InChI=1S/C11H20O4S/c1-16(13,14)8-4-5-10(12)9-11-6-2-3-7-15-11/h11H,2-9H2,1H3. The highest BCUT2D eigenvalue weighted by molar-refractivity contribution is 7.90. The summed E-state index contributed by atoms with van der Waals surface area (Å²) in [7, 11) is -2.94. The fraction of sp³-hybridized carbons (Fsp3) is 0.909. The second-order valence-corrected chi connectivity index (χ2v) is 6.72. The van der Waals surface area contributed by atoms with Crippen LogP contribution in [0.15, 0.2) is 0 Å². The van der Waals surface area contributed by atoms with Gasteiger partial charge >= 0.3 is 0 Å². The summed E-state index contributed by atoms with van der Waals surface area (Å²) in [6.45, 7) is 0.751.